The Labute approximate surface area is 159 Å². The number of rotatable bonds is 14. The van der Waals surface area contributed by atoms with Gasteiger partial charge in [-0.05, 0) is 25.7 Å². The second kappa shape index (κ2) is 15.4. The van der Waals surface area contributed by atoms with Crippen molar-refractivity contribution in [1.82, 2.24) is 0 Å². The van der Waals surface area contributed by atoms with E-state index >= 15 is 0 Å². The number of aliphatic hydroxyl groups excluding tert-OH is 1. The molecule has 0 aromatic rings. The monoisotopic (exact) mass is 344 g/mol. The molecule has 0 heterocycles. The fraction of sp³-hybridized carbons (Fsp3) is 1.00. The van der Waals surface area contributed by atoms with E-state index in [1.165, 1.54) is 0 Å². The molecule has 4 nitrogen and oxygen atoms in total. The largest absolute Gasteiger partial charge is 1.00 e. The first-order chi connectivity index (χ1) is 9.91. The first-order valence-electron chi connectivity index (χ1n) is 8.54. The SMILES string of the molecule is CCCCC(CCCCCCCC(O)CCC)S(=O)(=O)[O-].[Na+]. The normalized spacial score (nSPS) is 14.4. The summed E-state index contributed by atoms with van der Waals surface area (Å²) in [4.78, 5) is 0. The van der Waals surface area contributed by atoms with Gasteiger partial charge in [0.2, 0.25) is 0 Å². The fourth-order valence-electron chi connectivity index (χ4n) is 2.62. The van der Waals surface area contributed by atoms with Crippen LogP contribution in [-0.4, -0.2) is 29.4 Å². The molecule has 0 saturated heterocycles. The van der Waals surface area contributed by atoms with Crippen molar-refractivity contribution in [2.24, 2.45) is 0 Å². The van der Waals surface area contributed by atoms with Gasteiger partial charge in [0.25, 0.3) is 0 Å². The Morgan fingerprint density at radius 1 is 0.818 bits per heavy atom. The molecule has 0 bridgehead atoms. The Bertz CT molecular complexity index is 333. The van der Waals surface area contributed by atoms with Gasteiger partial charge in [0.1, 0.15) is 0 Å². The maximum Gasteiger partial charge on any atom is 1.00 e. The van der Waals surface area contributed by atoms with Gasteiger partial charge in [0.15, 0.2) is 0 Å². The third kappa shape index (κ3) is 14.5. The average Bonchev–Trinajstić information content (AvgIpc) is 2.39. The molecule has 0 radical (unpaired) electrons. The van der Waals surface area contributed by atoms with Crippen LogP contribution in [0.25, 0.3) is 0 Å². The van der Waals surface area contributed by atoms with Crippen LogP contribution in [0, 0.1) is 0 Å². The van der Waals surface area contributed by atoms with Crippen molar-refractivity contribution in [3.05, 3.63) is 0 Å². The molecule has 1 N–H and O–H groups in total. The van der Waals surface area contributed by atoms with Crippen LogP contribution in [0.3, 0.4) is 0 Å². The molecule has 0 amide bonds. The number of unbranched alkanes of at least 4 members (excludes halogenated alkanes) is 5. The Morgan fingerprint density at radius 2 is 1.32 bits per heavy atom. The zero-order valence-corrected chi connectivity index (χ0v) is 17.5. The molecule has 0 aliphatic carbocycles. The van der Waals surface area contributed by atoms with E-state index in [0.29, 0.717) is 12.8 Å². The Balaban J connectivity index is 0. The zero-order chi connectivity index (χ0) is 16.1. The molecule has 0 aromatic carbocycles. The predicted octanol–water partition coefficient (Wildman–Crippen LogP) is 0.986. The summed E-state index contributed by atoms with van der Waals surface area (Å²) in [5.74, 6) is 0. The summed E-state index contributed by atoms with van der Waals surface area (Å²) < 4.78 is 33.5. The van der Waals surface area contributed by atoms with Gasteiger partial charge in [-0.2, -0.15) is 0 Å². The van der Waals surface area contributed by atoms with Crippen molar-refractivity contribution in [2.75, 3.05) is 0 Å². The summed E-state index contributed by atoms with van der Waals surface area (Å²) in [5.41, 5.74) is 0. The summed E-state index contributed by atoms with van der Waals surface area (Å²) in [6.45, 7) is 4.07. The van der Waals surface area contributed by atoms with Gasteiger partial charge >= 0.3 is 29.6 Å². The van der Waals surface area contributed by atoms with Crippen LogP contribution in [0.5, 0.6) is 0 Å². The van der Waals surface area contributed by atoms with Crippen molar-refractivity contribution in [2.45, 2.75) is 102 Å². The molecule has 0 aliphatic heterocycles. The molecule has 128 valence electrons. The van der Waals surface area contributed by atoms with E-state index in [4.69, 9.17) is 0 Å². The number of hydrogen-bond donors (Lipinski definition) is 1. The summed E-state index contributed by atoms with van der Waals surface area (Å²) in [6, 6.07) is 0. The van der Waals surface area contributed by atoms with Gasteiger partial charge in [-0.25, -0.2) is 8.42 Å². The van der Waals surface area contributed by atoms with Crippen molar-refractivity contribution < 1.29 is 47.6 Å². The third-order valence-corrected chi connectivity index (χ3v) is 5.26. The van der Waals surface area contributed by atoms with E-state index in [0.717, 1.165) is 64.2 Å². The van der Waals surface area contributed by atoms with E-state index in [2.05, 4.69) is 6.92 Å². The van der Waals surface area contributed by atoms with Crippen LogP contribution >= 0.6 is 0 Å². The third-order valence-electron chi connectivity index (χ3n) is 3.97. The Hall–Kier alpha value is 0.870. The Morgan fingerprint density at radius 3 is 1.82 bits per heavy atom. The molecular weight excluding hydrogens is 311 g/mol. The summed E-state index contributed by atoms with van der Waals surface area (Å²) >= 11 is 0. The molecule has 0 saturated carbocycles. The minimum absolute atomic E-state index is 0. The number of aliphatic hydroxyl groups is 1. The van der Waals surface area contributed by atoms with E-state index < -0.39 is 15.4 Å². The van der Waals surface area contributed by atoms with E-state index in [1.54, 1.807) is 0 Å². The van der Waals surface area contributed by atoms with Gasteiger partial charge in [-0.1, -0.05) is 65.2 Å². The topological polar surface area (TPSA) is 77.4 Å². The molecule has 22 heavy (non-hydrogen) atoms. The summed E-state index contributed by atoms with van der Waals surface area (Å²) in [5, 5.41) is 8.90. The van der Waals surface area contributed by atoms with E-state index in [9.17, 15) is 18.1 Å². The summed E-state index contributed by atoms with van der Waals surface area (Å²) in [7, 11) is -4.14. The minimum Gasteiger partial charge on any atom is -0.748 e. The maximum absolute atomic E-state index is 11.2. The molecule has 0 spiro atoms. The van der Waals surface area contributed by atoms with Crippen LogP contribution in [0.15, 0.2) is 0 Å². The molecule has 0 rings (SSSR count). The molecule has 0 aromatic heterocycles. The van der Waals surface area contributed by atoms with Crippen molar-refractivity contribution in [3.63, 3.8) is 0 Å². The molecule has 6 heteroatoms. The van der Waals surface area contributed by atoms with Gasteiger partial charge in [-0.3, -0.25) is 0 Å². The van der Waals surface area contributed by atoms with Crippen LogP contribution in [-0.2, 0) is 10.1 Å². The van der Waals surface area contributed by atoms with Gasteiger partial charge in [0.05, 0.1) is 16.2 Å². The standard InChI is InChI=1S/C16H34O4S.Na/c1-3-5-13-16(21(18,19)20)14-10-8-6-7-9-12-15(17)11-4-2;/h15-17H,3-14H2,1-2H3,(H,18,19,20);/q;+1/p-1. The second-order valence-corrected chi connectivity index (χ2v) is 7.70. The maximum atomic E-state index is 11.2. The van der Waals surface area contributed by atoms with E-state index in [1.807, 2.05) is 6.92 Å². The minimum atomic E-state index is -4.14. The Kier molecular flexibility index (Phi) is 17.6. The van der Waals surface area contributed by atoms with Gasteiger partial charge < -0.3 is 9.66 Å². The predicted molar refractivity (Wildman–Crippen MR) is 86.2 cm³/mol. The van der Waals surface area contributed by atoms with Crippen LogP contribution < -0.4 is 29.6 Å². The first kappa shape index (κ1) is 25.1. The molecule has 2 unspecified atom stereocenters. The average molecular weight is 344 g/mol. The molecule has 0 fully saturated rings. The van der Waals surface area contributed by atoms with Crippen LogP contribution in [0.1, 0.15) is 90.9 Å². The quantitative estimate of drug-likeness (QED) is 0.290. The van der Waals surface area contributed by atoms with Crippen LogP contribution in [0.2, 0.25) is 0 Å². The molecule has 2 atom stereocenters. The van der Waals surface area contributed by atoms with Crippen molar-refractivity contribution in [3.8, 4) is 0 Å². The van der Waals surface area contributed by atoms with Gasteiger partial charge in [-0.15, -0.1) is 0 Å². The van der Waals surface area contributed by atoms with Gasteiger partial charge in [0, 0.05) is 5.25 Å². The van der Waals surface area contributed by atoms with Crippen molar-refractivity contribution >= 4 is 10.1 Å². The van der Waals surface area contributed by atoms with Crippen molar-refractivity contribution in [1.29, 1.82) is 0 Å². The number of hydrogen-bond acceptors (Lipinski definition) is 4. The molecule has 0 aliphatic rings. The first-order valence-corrected chi connectivity index (χ1v) is 10.0. The van der Waals surface area contributed by atoms with E-state index in [-0.39, 0.29) is 35.7 Å². The smallest absolute Gasteiger partial charge is 0.748 e. The molecular formula is C16H33NaO4S. The van der Waals surface area contributed by atoms with Crippen LogP contribution in [0.4, 0.5) is 0 Å². The summed E-state index contributed by atoms with van der Waals surface area (Å²) in [6.07, 6.45) is 10.3. The zero-order valence-electron chi connectivity index (χ0n) is 14.7. The second-order valence-electron chi connectivity index (χ2n) is 6.04. The fourth-order valence-corrected chi connectivity index (χ4v) is 3.54.